The Morgan fingerprint density at radius 2 is 1.75 bits per heavy atom. The van der Waals surface area contributed by atoms with Gasteiger partial charge < -0.3 is 15.4 Å². The number of hydrogen-bond acceptors (Lipinski definition) is 3. The highest BCUT2D eigenvalue weighted by atomic mass is 16.5. The maximum atomic E-state index is 12.1. The van der Waals surface area contributed by atoms with Crippen molar-refractivity contribution in [1.82, 2.24) is 0 Å². The van der Waals surface area contributed by atoms with E-state index in [9.17, 15) is 4.79 Å². The van der Waals surface area contributed by atoms with Crippen LogP contribution in [0.5, 0.6) is 5.75 Å². The third-order valence-electron chi connectivity index (χ3n) is 3.04. The first-order valence-electron chi connectivity index (χ1n) is 6.43. The summed E-state index contributed by atoms with van der Waals surface area (Å²) >= 11 is 0. The lowest BCUT2D eigenvalue weighted by Crippen LogP contribution is -2.35. The number of carbonyl (C=O) groups is 1. The van der Waals surface area contributed by atoms with Crippen LogP contribution in [0.2, 0.25) is 0 Å². The number of nitrogens with zero attached hydrogens (tertiary/aromatic N) is 1. The normalized spacial score (nSPS) is 10.1. The zero-order valence-electron chi connectivity index (χ0n) is 11.5. The van der Waals surface area contributed by atoms with E-state index in [1.54, 1.807) is 12.0 Å². The van der Waals surface area contributed by atoms with Gasteiger partial charge >= 0.3 is 0 Å². The van der Waals surface area contributed by atoms with E-state index in [0.717, 1.165) is 11.3 Å². The molecule has 0 aliphatic carbocycles. The second-order valence-corrected chi connectivity index (χ2v) is 4.34. The first-order valence-corrected chi connectivity index (χ1v) is 6.43. The van der Waals surface area contributed by atoms with Gasteiger partial charge in [-0.05, 0) is 17.7 Å². The van der Waals surface area contributed by atoms with Crippen LogP contribution in [0.3, 0.4) is 0 Å². The Bertz CT molecular complexity index is 570. The van der Waals surface area contributed by atoms with Crippen LogP contribution in [-0.2, 0) is 11.3 Å². The Hall–Kier alpha value is -2.33. The number of benzene rings is 2. The molecule has 0 fully saturated rings. The molecule has 2 rings (SSSR count). The second-order valence-electron chi connectivity index (χ2n) is 4.34. The summed E-state index contributed by atoms with van der Waals surface area (Å²) < 4.78 is 5.32. The van der Waals surface area contributed by atoms with Crippen molar-refractivity contribution in [3.8, 4) is 5.75 Å². The van der Waals surface area contributed by atoms with Crippen molar-refractivity contribution in [2.45, 2.75) is 6.54 Å². The van der Waals surface area contributed by atoms with Crippen molar-refractivity contribution in [2.24, 2.45) is 5.73 Å². The average Bonchev–Trinajstić information content (AvgIpc) is 2.53. The third kappa shape index (κ3) is 3.16. The molecule has 2 aromatic rings. The van der Waals surface area contributed by atoms with E-state index < -0.39 is 0 Å². The van der Waals surface area contributed by atoms with Gasteiger partial charge in [0.1, 0.15) is 5.75 Å². The summed E-state index contributed by atoms with van der Waals surface area (Å²) in [6, 6.07) is 17.2. The molecule has 20 heavy (non-hydrogen) atoms. The van der Waals surface area contributed by atoms with Crippen molar-refractivity contribution in [2.75, 3.05) is 18.6 Å². The van der Waals surface area contributed by atoms with E-state index in [1.807, 2.05) is 54.6 Å². The van der Waals surface area contributed by atoms with Crippen LogP contribution >= 0.6 is 0 Å². The monoisotopic (exact) mass is 270 g/mol. The summed E-state index contributed by atoms with van der Waals surface area (Å²) in [6.07, 6.45) is 0. The van der Waals surface area contributed by atoms with Gasteiger partial charge in [0.05, 0.1) is 25.9 Å². The molecule has 0 saturated carbocycles. The summed E-state index contributed by atoms with van der Waals surface area (Å²) in [5.41, 5.74) is 7.30. The summed E-state index contributed by atoms with van der Waals surface area (Å²) in [4.78, 5) is 13.8. The fraction of sp³-hybridized carbons (Fsp3) is 0.188. The number of methoxy groups -OCH3 is 1. The number of carbonyl (C=O) groups excluding carboxylic acids is 1. The molecular weight excluding hydrogens is 252 g/mol. The van der Waals surface area contributed by atoms with E-state index in [4.69, 9.17) is 10.5 Å². The van der Waals surface area contributed by atoms with Crippen LogP contribution in [0.1, 0.15) is 5.56 Å². The maximum absolute atomic E-state index is 12.1. The predicted octanol–water partition coefficient (Wildman–Crippen LogP) is 2.19. The highest BCUT2D eigenvalue weighted by Gasteiger charge is 2.18. The molecule has 0 atom stereocenters. The van der Waals surface area contributed by atoms with Crippen LogP contribution in [0.15, 0.2) is 54.6 Å². The van der Waals surface area contributed by atoms with Crippen molar-refractivity contribution in [3.05, 3.63) is 60.2 Å². The number of rotatable bonds is 5. The van der Waals surface area contributed by atoms with Crippen molar-refractivity contribution in [3.63, 3.8) is 0 Å². The molecule has 4 heteroatoms. The van der Waals surface area contributed by atoms with Crippen molar-refractivity contribution >= 4 is 11.6 Å². The molecule has 0 spiro atoms. The fourth-order valence-electron chi connectivity index (χ4n) is 2.04. The molecule has 104 valence electrons. The van der Waals surface area contributed by atoms with Crippen LogP contribution in [0, 0.1) is 0 Å². The summed E-state index contributed by atoms with van der Waals surface area (Å²) in [6.45, 7) is 0.433. The average molecular weight is 270 g/mol. The second kappa shape index (κ2) is 6.73. The van der Waals surface area contributed by atoms with Gasteiger partial charge in [0, 0.05) is 0 Å². The van der Waals surface area contributed by atoms with Crippen LogP contribution in [-0.4, -0.2) is 19.6 Å². The van der Waals surface area contributed by atoms with Crippen LogP contribution in [0.25, 0.3) is 0 Å². The summed E-state index contributed by atoms with van der Waals surface area (Å²) in [5, 5.41) is 0. The van der Waals surface area contributed by atoms with Gasteiger partial charge in [-0.25, -0.2) is 0 Å². The lowest BCUT2D eigenvalue weighted by molar-refractivity contribution is -0.117. The molecule has 0 aromatic heterocycles. The molecule has 2 aromatic carbocycles. The SMILES string of the molecule is COc1ccccc1N(Cc1ccccc1)C(=O)CN. The number of nitrogens with two attached hydrogens (primary N) is 1. The number of ether oxygens (including phenoxy) is 1. The maximum Gasteiger partial charge on any atom is 0.241 e. The highest BCUT2D eigenvalue weighted by molar-refractivity contribution is 5.96. The number of anilines is 1. The number of para-hydroxylation sites is 2. The molecule has 0 aliphatic rings. The van der Waals surface area contributed by atoms with Crippen LogP contribution < -0.4 is 15.4 Å². The van der Waals surface area contributed by atoms with E-state index >= 15 is 0 Å². The molecule has 2 N–H and O–H groups in total. The molecule has 0 unspecified atom stereocenters. The molecule has 0 bridgehead atoms. The van der Waals surface area contributed by atoms with Gasteiger partial charge in [0.2, 0.25) is 5.91 Å². The quantitative estimate of drug-likeness (QED) is 0.906. The molecule has 1 amide bonds. The third-order valence-corrected chi connectivity index (χ3v) is 3.04. The first-order chi connectivity index (χ1) is 9.76. The minimum Gasteiger partial charge on any atom is -0.495 e. The van der Waals surface area contributed by atoms with Gasteiger partial charge in [-0.3, -0.25) is 4.79 Å². The summed E-state index contributed by atoms with van der Waals surface area (Å²) in [7, 11) is 1.59. The summed E-state index contributed by atoms with van der Waals surface area (Å²) in [5.74, 6) is 0.517. The topological polar surface area (TPSA) is 55.6 Å². The molecule has 0 saturated heterocycles. The van der Waals surface area contributed by atoms with E-state index in [1.165, 1.54) is 0 Å². The van der Waals surface area contributed by atoms with Gasteiger partial charge in [0.25, 0.3) is 0 Å². The minimum atomic E-state index is -0.140. The molecule has 0 radical (unpaired) electrons. The van der Waals surface area contributed by atoms with E-state index in [-0.39, 0.29) is 12.5 Å². The lowest BCUT2D eigenvalue weighted by Gasteiger charge is -2.24. The molecule has 4 nitrogen and oxygen atoms in total. The largest absolute Gasteiger partial charge is 0.495 e. The zero-order chi connectivity index (χ0) is 14.4. The first kappa shape index (κ1) is 14.1. The lowest BCUT2D eigenvalue weighted by atomic mass is 10.2. The minimum absolute atomic E-state index is 0.0368. The Balaban J connectivity index is 2.35. The molecule has 0 heterocycles. The van der Waals surface area contributed by atoms with E-state index in [2.05, 4.69) is 0 Å². The fourth-order valence-corrected chi connectivity index (χ4v) is 2.04. The van der Waals surface area contributed by atoms with E-state index in [0.29, 0.717) is 12.3 Å². The number of hydrogen-bond donors (Lipinski definition) is 1. The molecular formula is C16H18N2O2. The molecule has 0 aliphatic heterocycles. The van der Waals surface area contributed by atoms with Gasteiger partial charge in [-0.1, -0.05) is 42.5 Å². The predicted molar refractivity (Wildman–Crippen MR) is 79.7 cm³/mol. The van der Waals surface area contributed by atoms with Crippen molar-refractivity contribution < 1.29 is 9.53 Å². The Morgan fingerprint density at radius 1 is 1.10 bits per heavy atom. The Kier molecular flexibility index (Phi) is 4.74. The number of amides is 1. The Labute approximate surface area is 118 Å². The zero-order valence-corrected chi connectivity index (χ0v) is 11.5. The van der Waals surface area contributed by atoms with Gasteiger partial charge in [0.15, 0.2) is 0 Å². The van der Waals surface area contributed by atoms with Crippen molar-refractivity contribution in [1.29, 1.82) is 0 Å². The van der Waals surface area contributed by atoms with Gasteiger partial charge in [-0.2, -0.15) is 0 Å². The van der Waals surface area contributed by atoms with Crippen LogP contribution in [0.4, 0.5) is 5.69 Å². The smallest absolute Gasteiger partial charge is 0.241 e. The standard InChI is InChI=1S/C16H18N2O2/c1-20-15-10-6-5-9-14(15)18(16(19)11-17)12-13-7-3-2-4-8-13/h2-10H,11-12,17H2,1H3. The Morgan fingerprint density at radius 3 is 2.40 bits per heavy atom. The van der Waals surface area contributed by atoms with Gasteiger partial charge in [-0.15, -0.1) is 0 Å². The highest BCUT2D eigenvalue weighted by Crippen LogP contribution is 2.28.